The van der Waals surface area contributed by atoms with Crippen LogP contribution in [0.2, 0.25) is 0 Å². The molecule has 0 aromatic heterocycles. The molecule has 0 aromatic rings. The highest BCUT2D eigenvalue weighted by atomic mass is 16.1. The van der Waals surface area contributed by atoms with Gasteiger partial charge < -0.3 is 0 Å². The number of hydrogen-bond acceptors (Lipinski definition) is 2. The Hall–Kier alpha value is -1.10. The normalized spacial score (nSPS) is 12.5. The quantitative estimate of drug-likeness (QED) is 0.567. The van der Waals surface area contributed by atoms with Crippen LogP contribution in [0.15, 0.2) is 11.6 Å². The van der Waals surface area contributed by atoms with Crippen LogP contribution < -0.4 is 0 Å². The van der Waals surface area contributed by atoms with Gasteiger partial charge in [0.15, 0.2) is 0 Å². The fourth-order valence-electron chi connectivity index (χ4n) is 0.675. The lowest BCUT2D eigenvalue weighted by Crippen LogP contribution is -2.18. The van der Waals surface area contributed by atoms with Gasteiger partial charge in [-0.25, -0.2) is 0 Å². The summed E-state index contributed by atoms with van der Waals surface area (Å²) in [7, 11) is 0. The highest BCUT2D eigenvalue weighted by Gasteiger charge is 2.20. The second kappa shape index (κ2) is 3.34. The van der Waals surface area contributed by atoms with Crippen molar-refractivity contribution in [3.05, 3.63) is 11.6 Å². The number of hydrogen-bond donors (Lipinski definition) is 0. The Morgan fingerprint density at radius 2 is 1.91 bits per heavy atom. The summed E-state index contributed by atoms with van der Waals surface area (Å²) in [6.45, 7) is 6.83. The molecule has 0 atom stereocenters. The lowest BCUT2D eigenvalue weighted by Gasteiger charge is -2.15. The van der Waals surface area contributed by atoms with E-state index in [0.717, 1.165) is 0 Å². The summed E-state index contributed by atoms with van der Waals surface area (Å²) in [5.74, 6) is 0.0760. The van der Waals surface area contributed by atoms with Crippen molar-refractivity contribution < 1.29 is 4.79 Å². The van der Waals surface area contributed by atoms with Crippen LogP contribution in [0.3, 0.4) is 0 Å². The summed E-state index contributed by atoms with van der Waals surface area (Å²) in [5.41, 5.74) is 0.0880. The van der Waals surface area contributed by atoms with Gasteiger partial charge >= 0.3 is 0 Å². The molecule has 0 fully saturated rings. The molecular weight excluding hydrogens is 138 g/mol. The molecule has 0 unspecified atom stereocenters. The molecule has 2 nitrogen and oxygen atoms in total. The van der Waals surface area contributed by atoms with Crippen LogP contribution in [0.25, 0.3) is 0 Å². The van der Waals surface area contributed by atoms with E-state index in [1.807, 2.05) is 6.07 Å². The molecule has 0 amide bonds. The van der Waals surface area contributed by atoms with Crippen LogP contribution in [0.4, 0.5) is 0 Å². The van der Waals surface area contributed by atoms with Gasteiger partial charge in [-0.15, -0.1) is 0 Å². The Balaban J connectivity index is 4.63. The predicted octanol–water partition coefficient (Wildman–Crippen LogP) is 2.07. The van der Waals surface area contributed by atoms with Crippen molar-refractivity contribution in [1.29, 1.82) is 5.26 Å². The molecule has 0 aliphatic carbocycles. The van der Waals surface area contributed by atoms with E-state index in [1.165, 1.54) is 6.92 Å². The average Bonchev–Trinajstić information content (AvgIpc) is 1.86. The molecule has 0 bridgehead atoms. The third kappa shape index (κ3) is 2.99. The molecule has 0 saturated heterocycles. The van der Waals surface area contributed by atoms with E-state index in [9.17, 15) is 4.79 Å². The SMILES string of the molecule is CC(=O)C(C)(C)/C=C(\C)C#N. The minimum atomic E-state index is -0.500. The van der Waals surface area contributed by atoms with Gasteiger partial charge in [-0.1, -0.05) is 6.08 Å². The van der Waals surface area contributed by atoms with Gasteiger partial charge in [0.05, 0.1) is 6.07 Å². The third-order valence-corrected chi connectivity index (χ3v) is 1.66. The maximum absolute atomic E-state index is 11.0. The Labute approximate surface area is 67.5 Å². The van der Waals surface area contributed by atoms with Crippen LogP contribution in [0.1, 0.15) is 27.7 Å². The van der Waals surface area contributed by atoms with Crippen LogP contribution in [0, 0.1) is 16.7 Å². The molecular formula is C9H13NO. The van der Waals surface area contributed by atoms with Crippen molar-refractivity contribution in [2.24, 2.45) is 5.41 Å². The number of allylic oxidation sites excluding steroid dienone is 2. The van der Waals surface area contributed by atoms with Crippen molar-refractivity contribution in [1.82, 2.24) is 0 Å². The van der Waals surface area contributed by atoms with E-state index in [4.69, 9.17) is 5.26 Å². The monoisotopic (exact) mass is 151 g/mol. The largest absolute Gasteiger partial charge is 0.299 e. The summed E-state index contributed by atoms with van der Waals surface area (Å²) >= 11 is 0. The first-order valence-electron chi connectivity index (χ1n) is 3.51. The van der Waals surface area contributed by atoms with Crippen molar-refractivity contribution in [3.8, 4) is 6.07 Å². The maximum atomic E-state index is 11.0. The molecule has 0 saturated carbocycles. The number of nitrogens with zero attached hydrogens (tertiary/aromatic N) is 1. The first kappa shape index (κ1) is 9.90. The van der Waals surface area contributed by atoms with Crippen LogP contribution in [-0.4, -0.2) is 5.78 Å². The first-order valence-corrected chi connectivity index (χ1v) is 3.51. The molecule has 0 rings (SSSR count). The van der Waals surface area contributed by atoms with Gasteiger partial charge in [-0.05, 0) is 27.7 Å². The van der Waals surface area contributed by atoms with E-state index < -0.39 is 5.41 Å². The zero-order chi connectivity index (χ0) is 9.07. The molecule has 0 heterocycles. The first-order chi connectivity index (χ1) is 4.90. The number of rotatable bonds is 2. The zero-order valence-corrected chi connectivity index (χ0v) is 7.43. The molecule has 0 spiro atoms. The Bertz CT molecular complexity index is 230. The van der Waals surface area contributed by atoms with Gasteiger partial charge in [0.25, 0.3) is 0 Å². The average molecular weight is 151 g/mol. The molecule has 0 aliphatic rings. The minimum absolute atomic E-state index is 0.0760. The summed E-state index contributed by atoms with van der Waals surface area (Å²) in [4.78, 5) is 11.0. The molecule has 0 N–H and O–H groups in total. The van der Waals surface area contributed by atoms with Crippen molar-refractivity contribution in [3.63, 3.8) is 0 Å². The molecule has 0 radical (unpaired) electrons. The van der Waals surface area contributed by atoms with Crippen molar-refractivity contribution >= 4 is 5.78 Å². The Morgan fingerprint density at radius 1 is 1.45 bits per heavy atom. The predicted molar refractivity (Wildman–Crippen MR) is 43.8 cm³/mol. The summed E-state index contributed by atoms with van der Waals surface area (Å²) < 4.78 is 0. The standard InChI is InChI=1S/C9H13NO/c1-7(6-10)5-9(3,4)8(2)11/h5H,1-4H3/b7-5+. The Kier molecular flexibility index (Phi) is 3.00. The van der Waals surface area contributed by atoms with Crippen molar-refractivity contribution in [2.45, 2.75) is 27.7 Å². The fourth-order valence-corrected chi connectivity index (χ4v) is 0.675. The van der Waals surface area contributed by atoms with Crippen LogP contribution >= 0.6 is 0 Å². The van der Waals surface area contributed by atoms with Crippen LogP contribution in [0.5, 0.6) is 0 Å². The smallest absolute Gasteiger partial charge is 0.139 e. The highest BCUT2D eigenvalue weighted by molar-refractivity contribution is 5.83. The van der Waals surface area contributed by atoms with Gasteiger partial charge in [0.2, 0.25) is 0 Å². The molecule has 60 valence electrons. The van der Waals surface area contributed by atoms with Gasteiger partial charge in [-0.3, -0.25) is 4.79 Å². The summed E-state index contributed by atoms with van der Waals surface area (Å²) in [6.07, 6.45) is 1.69. The van der Waals surface area contributed by atoms with E-state index in [1.54, 1.807) is 26.8 Å². The number of nitriles is 1. The van der Waals surface area contributed by atoms with Gasteiger partial charge in [-0.2, -0.15) is 5.26 Å². The van der Waals surface area contributed by atoms with E-state index in [0.29, 0.717) is 5.57 Å². The minimum Gasteiger partial charge on any atom is -0.299 e. The van der Waals surface area contributed by atoms with E-state index in [-0.39, 0.29) is 5.78 Å². The topological polar surface area (TPSA) is 40.9 Å². The highest BCUT2D eigenvalue weighted by Crippen LogP contribution is 2.19. The second-order valence-corrected chi connectivity index (χ2v) is 3.22. The molecule has 0 aromatic carbocycles. The fraction of sp³-hybridized carbons (Fsp3) is 0.556. The molecule has 11 heavy (non-hydrogen) atoms. The lowest BCUT2D eigenvalue weighted by atomic mass is 9.87. The summed E-state index contributed by atoms with van der Waals surface area (Å²) in [5, 5.41) is 8.45. The number of ketones is 1. The Morgan fingerprint density at radius 3 is 2.18 bits per heavy atom. The van der Waals surface area contributed by atoms with E-state index in [2.05, 4.69) is 0 Å². The second-order valence-electron chi connectivity index (χ2n) is 3.22. The maximum Gasteiger partial charge on any atom is 0.139 e. The number of carbonyl (C=O) groups is 1. The lowest BCUT2D eigenvalue weighted by molar-refractivity contribution is -0.122. The van der Waals surface area contributed by atoms with Crippen LogP contribution in [-0.2, 0) is 4.79 Å². The number of Topliss-reactive ketones (excluding diaryl/α,β-unsaturated/α-hetero) is 1. The third-order valence-electron chi connectivity index (χ3n) is 1.66. The van der Waals surface area contributed by atoms with E-state index >= 15 is 0 Å². The molecule has 0 aliphatic heterocycles. The summed E-state index contributed by atoms with van der Waals surface area (Å²) in [6, 6.07) is 1.98. The van der Waals surface area contributed by atoms with Crippen molar-refractivity contribution in [2.75, 3.05) is 0 Å². The molecule has 2 heteroatoms. The van der Waals surface area contributed by atoms with Gasteiger partial charge in [0, 0.05) is 11.0 Å². The zero-order valence-electron chi connectivity index (χ0n) is 7.43. The van der Waals surface area contributed by atoms with Gasteiger partial charge in [0.1, 0.15) is 5.78 Å². The number of carbonyl (C=O) groups excluding carboxylic acids is 1.